The molecule has 1 saturated heterocycles. The van der Waals surface area contributed by atoms with Crippen molar-refractivity contribution in [2.45, 2.75) is 18.9 Å². The summed E-state index contributed by atoms with van der Waals surface area (Å²) in [5, 5.41) is 3.13. The molecule has 1 heterocycles. The lowest BCUT2D eigenvalue weighted by atomic mass is 10.1. The van der Waals surface area contributed by atoms with Crippen LogP contribution in [0, 0.1) is 17.5 Å². The Balaban J connectivity index is 2.11. The average molecular weight is 231 g/mol. The zero-order valence-corrected chi connectivity index (χ0v) is 8.60. The summed E-state index contributed by atoms with van der Waals surface area (Å²) in [5.41, 5.74) is 0. The van der Waals surface area contributed by atoms with Gasteiger partial charge in [0.15, 0.2) is 23.2 Å². The Bertz CT molecular complexity index is 378. The topological polar surface area (TPSA) is 21.3 Å². The van der Waals surface area contributed by atoms with E-state index in [9.17, 15) is 13.2 Å². The second-order valence-electron chi connectivity index (χ2n) is 3.76. The Labute approximate surface area is 91.4 Å². The maximum absolute atomic E-state index is 13.2. The minimum Gasteiger partial charge on any atom is -0.487 e. The third-order valence-corrected chi connectivity index (χ3v) is 2.55. The zero-order chi connectivity index (χ0) is 11.5. The summed E-state index contributed by atoms with van der Waals surface area (Å²) in [6.07, 6.45) is 1.33. The number of hydrogen-bond donors (Lipinski definition) is 1. The summed E-state index contributed by atoms with van der Waals surface area (Å²) in [6, 6.07) is 1.26. The van der Waals surface area contributed by atoms with E-state index in [1.165, 1.54) is 0 Å². The van der Waals surface area contributed by atoms with Crippen molar-refractivity contribution in [1.29, 1.82) is 0 Å². The first-order chi connectivity index (χ1) is 7.66. The van der Waals surface area contributed by atoms with Crippen LogP contribution in [0.5, 0.6) is 5.75 Å². The van der Waals surface area contributed by atoms with Crippen molar-refractivity contribution in [3.05, 3.63) is 29.6 Å². The first-order valence-electron chi connectivity index (χ1n) is 5.19. The first-order valence-corrected chi connectivity index (χ1v) is 5.19. The zero-order valence-electron chi connectivity index (χ0n) is 8.60. The van der Waals surface area contributed by atoms with Crippen LogP contribution in [-0.2, 0) is 0 Å². The fourth-order valence-electron chi connectivity index (χ4n) is 1.69. The van der Waals surface area contributed by atoms with Crippen LogP contribution < -0.4 is 10.1 Å². The van der Waals surface area contributed by atoms with Gasteiger partial charge in [-0.05, 0) is 25.9 Å². The lowest BCUT2D eigenvalue weighted by Crippen LogP contribution is -2.34. The molecule has 1 aliphatic rings. The fraction of sp³-hybridized carbons (Fsp3) is 0.455. The van der Waals surface area contributed by atoms with Crippen molar-refractivity contribution >= 4 is 0 Å². The van der Waals surface area contributed by atoms with Gasteiger partial charge in [0.1, 0.15) is 6.10 Å². The van der Waals surface area contributed by atoms with Gasteiger partial charge in [-0.15, -0.1) is 0 Å². The molecule has 1 N–H and O–H groups in total. The fourth-order valence-corrected chi connectivity index (χ4v) is 1.69. The third-order valence-electron chi connectivity index (χ3n) is 2.55. The quantitative estimate of drug-likeness (QED) is 0.788. The van der Waals surface area contributed by atoms with Gasteiger partial charge in [0.2, 0.25) is 0 Å². The van der Waals surface area contributed by atoms with Gasteiger partial charge in [-0.25, -0.2) is 13.2 Å². The van der Waals surface area contributed by atoms with E-state index in [0.717, 1.165) is 32.0 Å². The van der Waals surface area contributed by atoms with Gasteiger partial charge >= 0.3 is 0 Å². The number of benzene rings is 1. The minimum absolute atomic E-state index is 0.138. The van der Waals surface area contributed by atoms with Crippen molar-refractivity contribution in [3.63, 3.8) is 0 Å². The number of ether oxygens (including phenoxy) is 1. The summed E-state index contributed by atoms with van der Waals surface area (Å²) in [6.45, 7) is 1.58. The highest BCUT2D eigenvalue weighted by molar-refractivity contribution is 5.26. The molecule has 0 radical (unpaired) electrons. The minimum atomic E-state index is -1.20. The number of rotatable bonds is 2. The molecule has 0 saturated carbocycles. The first kappa shape index (κ1) is 11.3. The highest BCUT2D eigenvalue weighted by atomic mass is 19.2. The Kier molecular flexibility index (Phi) is 3.33. The van der Waals surface area contributed by atoms with Crippen molar-refractivity contribution in [1.82, 2.24) is 5.32 Å². The monoisotopic (exact) mass is 231 g/mol. The number of hydrogen-bond acceptors (Lipinski definition) is 2. The SMILES string of the molecule is Fc1cc(F)c(OC2CCNCC2)cc1F. The van der Waals surface area contributed by atoms with E-state index in [0.29, 0.717) is 6.07 Å². The predicted molar refractivity (Wildman–Crippen MR) is 52.8 cm³/mol. The lowest BCUT2D eigenvalue weighted by Gasteiger charge is -2.24. The Morgan fingerprint density at radius 3 is 2.31 bits per heavy atom. The van der Waals surface area contributed by atoms with Gasteiger partial charge in [-0.2, -0.15) is 0 Å². The van der Waals surface area contributed by atoms with Crippen molar-refractivity contribution < 1.29 is 17.9 Å². The van der Waals surface area contributed by atoms with Crippen LogP contribution in [-0.4, -0.2) is 19.2 Å². The molecular formula is C11H12F3NO. The molecule has 1 aromatic rings. The largest absolute Gasteiger partial charge is 0.487 e. The number of nitrogens with one attached hydrogen (secondary N) is 1. The Hall–Kier alpha value is -1.23. The van der Waals surface area contributed by atoms with E-state index in [1.54, 1.807) is 0 Å². The van der Waals surface area contributed by atoms with E-state index in [-0.39, 0.29) is 11.9 Å². The van der Waals surface area contributed by atoms with Gasteiger partial charge < -0.3 is 10.1 Å². The van der Waals surface area contributed by atoms with Gasteiger partial charge in [0.05, 0.1) is 0 Å². The molecule has 0 aromatic heterocycles. The Morgan fingerprint density at radius 2 is 1.62 bits per heavy atom. The highest BCUT2D eigenvalue weighted by Gasteiger charge is 2.18. The normalized spacial score (nSPS) is 17.4. The average Bonchev–Trinajstić information content (AvgIpc) is 2.27. The molecule has 1 aromatic carbocycles. The van der Waals surface area contributed by atoms with Crippen LogP contribution in [0.25, 0.3) is 0 Å². The summed E-state index contributed by atoms with van der Waals surface area (Å²) in [7, 11) is 0. The van der Waals surface area contributed by atoms with Crippen molar-refractivity contribution in [2.75, 3.05) is 13.1 Å². The van der Waals surface area contributed by atoms with E-state index >= 15 is 0 Å². The van der Waals surface area contributed by atoms with Crippen molar-refractivity contribution in [2.24, 2.45) is 0 Å². The molecule has 1 aliphatic heterocycles. The molecule has 16 heavy (non-hydrogen) atoms. The van der Waals surface area contributed by atoms with E-state index < -0.39 is 17.5 Å². The maximum atomic E-state index is 13.2. The molecule has 88 valence electrons. The van der Waals surface area contributed by atoms with Gasteiger partial charge in [0, 0.05) is 12.1 Å². The molecule has 5 heteroatoms. The molecular weight excluding hydrogens is 219 g/mol. The predicted octanol–water partition coefficient (Wildman–Crippen LogP) is 2.23. The van der Waals surface area contributed by atoms with E-state index in [2.05, 4.69) is 5.32 Å². The number of piperidine rings is 1. The van der Waals surface area contributed by atoms with Crippen LogP contribution in [0.15, 0.2) is 12.1 Å². The maximum Gasteiger partial charge on any atom is 0.168 e. The second-order valence-corrected chi connectivity index (χ2v) is 3.76. The van der Waals surface area contributed by atoms with Gasteiger partial charge in [0.25, 0.3) is 0 Å². The molecule has 0 aliphatic carbocycles. The molecule has 2 rings (SSSR count). The van der Waals surface area contributed by atoms with Crippen molar-refractivity contribution in [3.8, 4) is 5.75 Å². The summed E-state index contributed by atoms with van der Waals surface area (Å²) >= 11 is 0. The molecule has 0 spiro atoms. The highest BCUT2D eigenvalue weighted by Crippen LogP contribution is 2.23. The summed E-state index contributed by atoms with van der Waals surface area (Å²) < 4.78 is 44.1. The van der Waals surface area contributed by atoms with Crippen LogP contribution >= 0.6 is 0 Å². The molecule has 0 amide bonds. The smallest absolute Gasteiger partial charge is 0.168 e. The molecule has 2 nitrogen and oxygen atoms in total. The van der Waals surface area contributed by atoms with Crippen LogP contribution in [0.3, 0.4) is 0 Å². The summed E-state index contributed by atoms with van der Waals surface area (Å²) in [5.74, 6) is -3.37. The lowest BCUT2D eigenvalue weighted by molar-refractivity contribution is 0.155. The van der Waals surface area contributed by atoms with Crippen LogP contribution in [0.4, 0.5) is 13.2 Å². The van der Waals surface area contributed by atoms with Gasteiger partial charge in [-0.1, -0.05) is 0 Å². The Morgan fingerprint density at radius 1 is 1.00 bits per heavy atom. The standard InChI is InChI=1S/C11H12F3NO/c12-8-5-10(14)11(6-9(8)13)16-7-1-3-15-4-2-7/h5-7,15H,1-4H2. The molecule has 0 atom stereocenters. The van der Waals surface area contributed by atoms with Crippen LogP contribution in [0.1, 0.15) is 12.8 Å². The van der Waals surface area contributed by atoms with E-state index in [1.807, 2.05) is 0 Å². The molecule has 0 unspecified atom stereocenters. The van der Waals surface area contributed by atoms with Gasteiger partial charge in [-0.3, -0.25) is 0 Å². The molecule has 1 fully saturated rings. The van der Waals surface area contributed by atoms with E-state index in [4.69, 9.17) is 4.74 Å². The molecule has 0 bridgehead atoms. The number of halogens is 3. The second kappa shape index (κ2) is 4.74. The van der Waals surface area contributed by atoms with Crippen LogP contribution in [0.2, 0.25) is 0 Å². The summed E-state index contributed by atoms with van der Waals surface area (Å²) in [4.78, 5) is 0. The third kappa shape index (κ3) is 2.47.